The Hall–Kier alpha value is -1.14. The number of hydrogen-bond donors (Lipinski definition) is 1. The summed E-state index contributed by atoms with van der Waals surface area (Å²) in [7, 11) is 2.23. The Labute approximate surface area is 149 Å². The lowest BCUT2D eigenvalue weighted by Crippen LogP contribution is -2.63. The van der Waals surface area contributed by atoms with E-state index in [0.29, 0.717) is 6.04 Å². The number of carbonyl (C=O) groups excluding carboxylic acids is 1. The number of piperidine rings is 1. The largest absolute Gasteiger partial charge is 0.362 e. The van der Waals surface area contributed by atoms with Gasteiger partial charge >= 0.3 is 0 Å². The van der Waals surface area contributed by atoms with E-state index in [1.165, 1.54) is 30.6 Å². The van der Waals surface area contributed by atoms with E-state index in [4.69, 9.17) is 0 Å². The van der Waals surface area contributed by atoms with Crippen LogP contribution < -0.4 is 5.32 Å². The second-order valence-electron chi connectivity index (χ2n) is 7.36. The van der Waals surface area contributed by atoms with Gasteiger partial charge in [0.2, 0.25) is 0 Å². The van der Waals surface area contributed by atoms with E-state index < -0.39 is 0 Å². The number of fused-ring (bicyclic) bond motifs is 1. The Morgan fingerprint density at radius 1 is 1.38 bits per heavy atom. The number of likely N-dealkylation sites (tertiary alicyclic amines) is 2. The molecule has 6 heteroatoms. The molecule has 0 spiro atoms. The molecule has 3 heterocycles. The first-order valence-corrected chi connectivity index (χ1v) is 10.0. The molecular formula is C18H30N4OS. The second-order valence-corrected chi connectivity index (χ2v) is 8.36. The highest BCUT2D eigenvalue weighted by atomic mass is 32.1. The van der Waals surface area contributed by atoms with Gasteiger partial charge in [-0.3, -0.25) is 9.69 Å². The van der Waals surface area contributed by atoms with Gasteiger partial charge in [-0.2, -0.15) is 0 Å². The van der Waals surface area contributed by atoms with Crippen LogP contribution in [-0.4, -0.2) is 59.0 Å². The third kappa shape index (κ3) is 3.06. The van der Waals surface area contributed by atoms with Crippen molar-refractivity contribution < 1.29 is 4.79 Å². The van der Waals surface area contributed by atoms with E-state index in [-0.39, 0.29) is 11.4 Å². The normalized spacial score (nSPS) is 28.3. The zero-order valence-electron chi connectivity index (χ0n) is 15.4. The molecule has 1 aromatic heterocycles. The monoisotopic (exact) mass is 350 g/mol. The Balaban J connectivity index is 1.88. The number of hydrogen-bond acceptors (Lipinski definition) is 5. The molecule has 2 saturated heterocycles. The Morgan fingerprint density at radius 2 is 2.17 bits per heavy atom. The summed E-state index contributed by atoms with van der Waals surface area (Å²) >= 11 is 1.50. The summed E-state index contributed by atoms with van der Waals surface area (Å²) in [6, 6.07) is 0.315. The van der Waals surface area contributed by atoms with E-state index >= 15 is 0 Å². The van der Waals surface area contributed by atoms with Gasteiger partial charge in [-0.15, -0.1) is 0 Å². The van der Waals surface area contributed by atoms with Gasteiger partial charge in [-0.1, -0.05) is 17.8 Å². The van der Waals surface area contributed by atoms with Gasteiger partial charge in [-0.25, -0.2) is 4.98 Å². The molecule has 2 fully saturated rings. The molecule has 0 aliphatic carbocycles. The highest BCUT2D eigenvalue weighted by molar-refractivity contribution is 7.17. The summed E-state index contributed by atoms with van der Waals surface area (Å²) in [5.41, 5.74) is 0.961. The van der Waals surface area contributed by atoms with Gasteiger partial charge in [-0.05, 0) is 60.0 Å². The molecule has 1 N–H and O–H groups in total. The Kier molecular flexibility index (Phi) is 5.16. The van der Waals surface area contributed by atoms with Crippen molar-refractivity contribution in [3.63, 3.8) is 0 Å². The number of thiazole rings is 1. The molecule has 2 aliphatic rings. The second kappa shape index (κ2) is 7.00. The molecule has 134 valence electrons. The van der Waals surface area contributed by atoms with E-state index in [9.17, 15) is 4.79 Å². The van der Waals surface area contributed by atoms with Gasteiger partial charge in [0.05, 0.1) is 11.7 Å². The van der Waals surface area contributed by atoms with Crippen molar-refractivity contribution >= 4 is 22.4 Å². The fourth-order valence-electron chi connectivity index (χ4n) is 4.31. The van der Waals surface area contributed by atoms with Crippen LogP contribution in [0.3, 0.4) is 0 Å². The number of nitrogens with zero attached hydrogens (tertiary/aromatic N) is 3. The lowest BCUT2D eigenvalue weighted by atomic mass is 9.80. The number of nitrogens with one attached hydrogen (secondary N) is 1. The van der Waals surface area contributed by atoms with Gasteiger partial charge < -0.3 is 10.2 Å². The minimum Gasteiger partial charge on any atom is -0.362 e. The highest BCUT2D eigenvalue weighted by Crippen LogP contribution is 2.38. The van der Waals surface area contributed by atoms with Crippen molar-refractivity contribution in [3.05, 3.63) is 10.6 Å². The average molecular weight is 351 g/mol. The van der Waals surface area contributed by atoms with Crippen molar-refractivity contribution in [2.45, 2.75) is 64.5 Å². The van der Waals surface area contributed by atoms with Crippen LogP contribution in [0.15, 0.2) is 0 Å². The highest BCUT2D eigenvalue weighted by Gasteiger charge is 2.46. The van der Waals surface area contributed by atoms with Gasteiger partial charge in [0, 0.05) is 18.6 Å². The molecule has 0 unspecified atom stereocenters. The van der Waals surface area contributed by atoms with Crippen LogP contribution in [0.4, 0.5) is 5.13 Å². The first-order chi connectivity index (χ1) is 11.5. The van der Waals surface area contributed by atoms with Crippen LogP contribution in [0.5, 0.6) is 0 Å². The number of aryl methyl sites for hydroxylation is 1. The van der Waals surface area contributed by atoms with Gasteiger partial charge in [0.1, 0.15) is 4.88 Å². The summed E-state index contributed by atoms with van der Waals surface area (Å²) in [6.07, 6.45) is 5.82. The van der Waals surface area contributed by atoms with Crippen molar-refractivity contribution in [1.29, 1.82) is 0 Å². The number of rotatable bonds is 3. The summed E-state index contributed by atoms with van der Waals surface area (Å²) in [5, 5.41) is 4.09. The number of anilines is 1. The zero-order chi connectivity index (χ0) is 17.3. The van der Waals surface area contributed by atoms with Gasteiger partial charge in [0.25, 0.3) is 5.91 Å². The van der Waals surface area contributed by atoms with Crippen LogP contribution in [0.2, 0.25) is 0 Å². The molecule has 0 saturated carbocycles. The van der Waals surface area contributed by atoms with Crippen LogP contribution in [0, 0.1) is 6.92 Å². The third-order valence-electron chi connectivity index (χ3n) is 5.85. The number of aromatic nitrogens is 1. The molecule has 2 atom stereocenters. The molecule has 0 radical (unpaired) electrons. The molecule has 2 aliphatic heterocycles. The summed E-state index contributed by atoms with van der Waals surface area (Å²) < 4.78 is 0. The SMILES string of the molecule is CCNc1nc(C)c(C(=O)N2CCC[C@@]3(C)[C@@H]2CCCCN3C)s1. The fraction of sp³-hybridized carbons (Fsp3) is 0.778. The Morgan fingerprint density at radius 3 is 2.92 bits per heavy atom. The summed E-state index contributed by atoms with van der Waals surface area (Å²) in [4.78, 5) is 23.3. The fourth-order valence-corrected chi connectivity index (χ4v) is 5.31. The minimum atomic E-state index is 0.105. The standard InChI is InChI=1S/C18H30N4OS/c1-5-19-17-20-13(2)15(24-17)16(23)22-12-8-10-18(3)14(22)9-6-7-11-21(18)4/h14H,5-12H2,1-4H3,(H,19,20)/t14-,18-/m0/s1. The topological polar surface area (TPSA) is 48.5 Å². The third-order valence-corrected chi connectivity index (χ3v) is 6.95. The minimum absolute atomic E-state index is 0.105. The van der Waals surface area contributed by atoms with Crippen molar-refractivity contribution in [1.82, 2.24) is 14.8 Å². The molecule has 0 bridgehead atoms. The Bertz CT molecular complexity index is 602. The lowest BCUT2D eigenvalue weighted by molar-refractivity contribution is -0.00315. The van der Waals surface area contributed by atoms with Crippen LogP contribution in [-0.2, 0) is 0 Å². The zero-order valence-corrected chi connectivity index (χ0v) is 16.2. The molecule has 3 rings (SSSR count). The quantitative estimate of drug-likeness (QED) is 0.908. The molecular weight excluding hydrogens is 320 g/mol. The lowest BCUT2D eigenvalue weighted by Gasteiger charge is -2.51. The molecule has 24 heavy (non-hydrogen) atoms. The predicted octanol–water partition coefficient (Wildman–Crippen LogP) is 3.36. The maximum absolute atomic E-state index is 13.3. The summed E-state index contributed by atoms with van der Waals surface area (Å²) in [6.45, 7) is 9.20. The van der Waals surface area contributed by atoms with Crippen molar-refractivity contribution in [2.75, 3.05) is 32.0 Å². The molecule has 5 nitrogen and oxygen atoms in total. The molecule has 1 aromatic rings. The van der Waals surface area contributed by atoms with Crippen LogP contribution >= 0.6 is 11.3 Å². The maximum Gasteiger partial charge on any atom is 0.266 e. The number of carbonyl (C=O) groups is 1. The van der Waals surface area contributed by atoms with Crippen molar-refractivity contribution in [2.24, 2.45) is 0 Å². The first kappa shape index (κ1) is 17.7. The van der Waals surface area contributed by atoms with E-state index in [1.54, 1.807) is 0 Å². The average Bonchev–Trinajstić information content (AvgIpc) is 2.84. The van der Waals surface area contributed by atoms with E-state index in [0.717, 1.165) is 48.2 Å². The van der Waals surface area contributed by atoms with Crippen LogP contribution in [0.1, 0.15) is 61.3 Å². The molecule has 1 amide bonds. The summed E-state index contributed by atoms with van der Waals surface area (Å²) in [5.74, 6) is 0.181. The van der Waals surface area contributed by atoms with E-state index in [2.05, 4.69) is 41.0 Å². The predicted molar refractivity (Wildman–Crippen MR) is 100.0 cm³/mol. The molecule has 0 aromatic carbocycles. The van der Waals surface area contributed by atoms with Gasteiger partial charge in [0.15, 0.2) is 5.13 Å². The number of likely N-dealkylation sites (N-methyl/N-ethyl adjacent to an activating group) is 1. The first-order valence-electron chi connectivity index (χ1n) is 9.21. The van der Waals surface area contributed by atoms with Crippen molar-refractivity contribution in [3.8, 4) is 0 Å². The van der Waals surface area contributed by atoms with Crippen LogP contribution in [0.25, 0.3) is 0 Å². The maximum atomic E-state index is 13.3. The van der Waals surface area contributed by atoms with E-state index in [1.807, 2.05) is 6.92 Å². The number of amides is 1. The smallest absolute Gasteiger partial charge is 0.266 e.